The molecule has 1 aromatic carbocycles. The third kappa shape index (κ3) is 2.95. The van der Waals surface area contributed by atoms with Crippen molar-refractivity contribution in [2.45, 2.75) is 13.2 Å². The predicted molar refractivity (Wildman–Crippen MR) is 68.3 cm³/mol. The zero-order valence-corrected chi connectivity index (χ0v) is 10.1. The van der Waals surface area contributed by atoms with Crippen LogP contribution >= 0.6 is 0 Å². The van der Waals surface area contributed by atoms with Crippen molar-refractivity contribution < 1.29 is 9.84 Å². The molecule has 0 aliphatic carbocycles. The van der Waals surface area contributed by atoms with Crippen molar-refractivity contribution in [3.8, 4) is 5.75 Å². The Kier molecular flexibility index (Phi) is 4.09. The maximum Gasteiger partial charge on any atom is 0.144 e. The molecule has 5 heteroatoms. The number of anilines is 1. The van der Waals surface area contributed by atoms with Gasteiger partial charge in [0.05, 0.1) is 24.7 Å². The van der Waals surface area contributed by atoms with E-state index >= 15 is 0 Å². The van der Waals surface area contributed by atoms with Gasteiger partial charge in [0.25, 0.3) is 0 Å². The van der Waals surface area contributed by atoms with Crippen LogP contribution < -0.4 is 10.1 Å². The number of ether oxygens (including phenoxy) is 1. The largest absolute Gasteiger partial charge is 0.487 e. The number of para-hydroxylation sites is 1. The van der Waals surface area contributed by atoms with E-state index < -0.39 is 0 Å². The number of rotatable bonds is 5. The van der Waals surface area contributed by atoms with E-state index in [2.05, 4.69) is 15.3 Å². The second kappa shape index (κ2) is 5.97. The fraction of sp³-hybridized carbons (Fsp3) is 0.231. The number of hydrogen-bond donors (Lipinski definition) is 2. The standard InChI is InChI=1S/C13H15N3O2/c1-14-13-7-15-11(6-16-13)9-18-12-5-3-2-4-10(12)8-17/h2-7,17H,8-9H2,1H3,(H,14,16). The van der Waals surface area contributed by atoms with Crippen LogP contribution in [-0.2, 0) is 13.2 Å². The van der Waals surface area contributed by atoms with Crippen molar-refractivity contribution >= 4 is 5.82 Å². The summed E-state index contributed by atoms with van der Waals surface area (Å²) >= 11 is 0. The Hall–Kier alpha value is -2.14. The zero-order chi connectivity index (χ0) is 12.8. The lowest BCUT2D eigenvalue weighted by Gasteiger charge is -2.09. The van der Waals surface area contributed by atoms with Gasteiger partial charge in [-0.25, -0.2) is 4.98 Å². The minimum absolute atomic E-state index is 0.0411. The van der Waals surface area contributed by atoms with Crippen LogP contribution in [-0.4, -0.2) is 22.1 Å². The minimum Gasteiger partial charge on any atom is -0.487 e. The average Bonchev–Trinajstić information content (AvgIpc) is 2.46. The highest BCUT2D eigenvalue weighted by Crippen LogP contribution is 2.18. The summed E-state index contributed by atoms with van der Waals surface area (Å²) in [4.78, 5) is 8.36. The highest BCUT2D eigenvalue weighted by atomic mass is 16.5. The minimum atomic E-state index is -0.0411. The summed E-state index contributed by atoms with van der Waals surface area (Å²) in [5.41, 5.74) is 1.50. The van der Waals surface area contributed by atoms with Crippen LogP contribution in [0.2, 0.25) is 0 Å². The maximum absolute atomic E-state index is 9.17. The van der Waals surface area contributed by atoms with Crippen molar-refractivity contribution in [1.82, 2.24) is 9.97 Å². The molecule has 0 radical (unpaired) electrons. The molecule has 0 atom stereocenters. The van der Waals surface area contributed by atoms with Crippen LogP contribution in [0.1, 0.15) is 11.3 Å². The lowest BCUT2D eigenvalue weighted by atomic mass is 10.2. The molecule has 0 fully saturated rings. The molecule has 1 aromatic heterocycles. The van der Waals surface area contributed by atoms with Gasteiger partial charge in [0, 0.05) is 12.6 Å². The van der Waals surface area contributed by atoms with Gasteiger partial charge < -0.3 is 15.2 Å². The van der Waals surface area contributed by atoms with E-state index in [1.54, 1.807) is 19.4 Å². The molecule has 5 nitrogen and oxygen atoms in total. The first-order valence-electron chi connectivity index (χ1n) is 5.63. The second-order valence-electron chi connectivity index (χ2n) is 3.70. The van der Waals surface area contributed by atoms with E-state index in [-0.39, 0.29) is 6.61 Å². The smallest absolute Gasteiger partial charge is 0.144 e. The summed E-state index contributed by atoms with van der Waals surface area (Å²) in [6, 6.07) is 7.37. The summed E-state index contributed by atoms with van der Waals surface area (Å²) < 4.78 is 5.60. The van der Waals surface area contributed by atoms with Gasteiger partial charge in [-0.05, 0) is 6.07 Å². The van der Waals surface area contributed by atoms with Gasteiger partial charge in [-0.3, -0.25) is 4.98 Å². The van der Waals surface area contributed by atoms with Crippen molar-refractivity contribution in [2.75, 3.05) is 12.4 Å². The Morgan fingerprint density at radius 2 is 2.06 bits per heavy atom. The molecule has 2 aromatic rings. The summed E-state index contributed by atoms with van der Waals surface area (Å²) in [5, 5.41) is 12.1. The highest BCUT2D eigenvalue weighted by Gasteiger charge is 2.03. The Labute approximate surface area is 105 Å². The maximum atomic E-state index is 9.17. The van der Waals surface area contributed by atoms with Crippen LogP contribution in [0.3, 0.4) is 0 Å². The van der Waals surface area contributed by atoms with Crippen molar-refractivity contribution in [3.05, 3.63) is 47.9 Å². The van der Waals surface area contributed by atoms with Gasteiger partial charge in [-0.1, -0.05) is 18.2 Å². The number of hydrogen-bond acceptors (Lipinski definition) is 5. The van der Waals surface area contributed by atoms with E-state index in [4.69, 9.17) is 9.84 Å². The van der Waals surface area contributed by atoms with Gasteiger partial charge >= 0.3 is 0 Å². The molecule has 18 heavy (non-hydrogen) atoms. The Morgan fingerprint density at radius 1 is 1.22 bits per heavy atom. The number of nitrogens with one attached hydrogen (secondary N) is 1. The van der Waals surface area contributed by atoms with Gasteiger partial charge in [-0.2, -0.15) is 0 Å². The SMILES string of the molecule is CNc1cnc(COc2ccccc2CO)cn1. The first-order valence-corrected chi connectivity index (χ1v) is 5.63. The fourth-order valence-corrected chi connectivity index (χ4v) is 1.49. The number of aromatic nitrogens is 2. The molecule has 0 aliphatic heterocycles. The summed E-state index contributed by atoms with van der Waals surface area (Å²) in [7, 11) is 1.79. The molecule has 0 saturated heterocycles. The van der Waals surface area contributed by atoms with Gasteiger partial charge in [0.1, 0.15) is 18.2 Å². The first kappa shape index (κ1) is 12.3. The summed E-state index contributed by atoms with van der Waals surface area (Å²) in [6.07, 6.45) is 3.31. The monoisotopic (exact) mass is 245 g/mol. The molecule has 1 heterocycles. The van der Waals surface area contributed by atoms with E-state index in [1.807, 2.05) is 24.3 Å². The van der Waals surface area contributed by atoms with Crippen LogP contribution in [0.4, 0.5) is 5.82 Å². The molecule has 0 amide bonds. The van der Waals surface area contributed by atoms with Gasteiger partial charge in [-0.15, -0.1) is 0 Å². The zero-order valence-electron chi connectivity index (χ0n) is 10.1. The molecule has 0 spiro atoms. The van der Waals surface area contributed by atoms with Crippen LogP contribution in [0.5, 0.6) is 5.75 Å². The Balaban J connectivity index is 2.02. The van der Waals surface area contributed by atoms with E-state index in [0.29, 0.717) is 12.4 Å². The molecular weight excluding hydrogens is 230 g/mol. The molecule has 0 bridgehead atoms. The molecule has 0 aliphatic rings. The molecular formula is C13H15N3O2. The number of aliphatic hydroxyl groups excluding tert-OH is 1. The second-order valence-corrected chi connectivity index (χ2v) is 3.70. The topological polar surface area (TPSA) is 67.3 Å². The molecule has 0 unspecified atom stereocenters. The van der Waals surface area contributed by atoms with Crippen LogP contribution in [0.25, 0.3) is 0 Å². The van der Waals surface area contributed by atoms with Crippen molar-refractivity contribution in [3.63, 3.8) is 0 Å². The third-order valence-corrected chi connectivity index (χ3v) is 2.48. The first-order chi connectivity index (χ1) is 8.83. The normalized spacial score (nSPS) is 10.1. The summed E-state index contributed by atoms with van der Waals surface area (Å²) in [5.74, 6) is 1.38. The van der Waals surface area contributed by atoms with Crippen molar-refractivity contribution in [2.24, 2.45) is 0 Å². The Bertz CT molecular complexity index is 500. The predicted octanol–water partition coefficient (Wildman–Crippen LogP) is 1.59. The van der Waals surface area contributed by atoms with Gasteiger partial charge in [0.2, 0.25) is 0 Å². The highest BCUT2D eigenvalue weighted by molar-refractivity contribution is 5.33. The van der Waals surface area contributed by atoms with E-state index in [1.165, 1.54) is 0 Å². The molecule has 94 valence electrons. The van der Waals surface area contributed by atoms with Crippen molar-refractivity contribution in [1.29, 1.82) is 0 Å². The molecule has 2 rings (SSSR count). The quantitative estimate of drug-likeness (QED) is 0.837. The molecule has 0 saturated carbocycles. The van der Waals surface area contributed by atoms with E-state index in [9.17, 15) is 0 Å². The lowest BCUT2D eigenvalue weighted by molar-refractivity contribution is 0.257. The van der Waals surface area contributed by atoms with Crippen LogP contribution in [0.15, 0.2) is 36.7 Å². The molecule has 2 N–H and O–H groups in total. The Morgan fingerprint density at radius 3 is 2.72 bits per heavy atom. The lowest BCUT2D eigenvalue weighted by Crippen LogP contribution is -2.02. The summed E-state index contributed by atoms with van der Waals surface area (Å²) in [6.45, 7) is 0.286. The fourth-order valence-electron chi connectivity index (χ4n) is 1.49. The van der Waals surface area contributed by atoms with Gasteiger partial charge in [0.15, 0.2) is 0 Å². The number of nitrogens with zero attached hydrogens (tertiary/aromatic N) is 2. The third-order valence-electron chi connectivity index (χ3n) is 2.48. The van der Waals surface area contributed by atoms with E-state index in [0.717, 1.165) is 17.1 Å². The van der Waals surface area contributed by atoms with Crippen LogP contribution in [0, 0.1) is 0 Å². The number of benzene rings is 1. The average molecular weight is 245 g/mol. The number of aliphatic hydroxyl groups is 1.